The first-order valence-corrected chi connectivity index (χ1v) is 5.10. The van der Waals surface area contributed by atoms with Gasteiger partial charge in [0.1, 0.15) is 6.29 Å². The number of hydrogen-bond donors (Lipinski definition) is 0. The van der Waals surface area contributed by atoms with Crippen LogP contribution in [-0.4, -0.2) is 6.29 Å². The molecular formula is C13H18O. The molecule has 1 rings (SSSR count). The first-order chi connectivity index (χ1) is 6.61. The van der Waals surface area contributed by atoms with Crippen molar-refractivity contribution in [3.05, 3.63) is 35.9 Å². The minimum absolute atomic E-state index is 0.0248. The minimum Gasteiger partial charge on any atom is -0.303 e. The molecular weight excluding hydrogens is 172 g/mol. The summed E-state index contributed by atoms with van der Waals surface area (Å²) in [5, 5.41) is 0. The summed E-state index contributed by atoms with van der Waals surface area (Å²) in [5.41, 5.74) is 1.23. The standard InChI is InChI=1S/C13H18O/c1-11(2)13(3,9-10-14)12-7-5-4-6-8-12/h4-8,10-11H,9H2,1-3H3. The van der Waals surface area contributed by atoms with Crippen LogP contribution in [0.3, 0.4) is 0 Å². The van der Waals surface area contributed by atoms with Crippen molar-refractivity contribution < 1.29 is 4.79 Å². The van der Waals surface area contributed by atoms with Crippen LogP contribution in [-0.2, 0) is 10.2 Å². The Kier molecular flexibility index (Phi) is 3.45. The lowest BCUT2D eigenvalue weighted by Crippen LogP contribution is -2.29. The number of carbonyl (C=O) groups is 1. The van der Waals surface area contributed by atoms with Crippen LogP contribution in [0.2, 0.25) is 0 Å². The Bertz CT molecular complexity index is 289. The molecule has 1 unspecified atom stereocenters. The van der Waals surface area contributed by atoms with Gasteiger partial charge in [-0.3, -0.25) is 0 Å². The molecule has 0 saturated carbocycles. The second kappa shape index (κ2) is 4.41. The molecule has 0 amide bonds. The molecule has 1 nitrogen and oxygen atoms in total. The van der Waals surface area contributed by atoms with Gasteiger partial charge in [0.25, 0.3) is 0 Å². The predicted octanol–water partition coefficient (Wildman–Crippen LogP) is 3.19. The van der Waals surface area contributed by atoms with Gasteiger partial charge in [0.2, 0.25) is 0 Å². The van der Waals surface area contributed by atoms with Crippen LogP contribution in [0.25, 0.3) is 0 Å². The highest BCUT2D eigenvalue weighted by Crippen LogP contribution is 2.34. The van der Waals surface area contributed by atoms with Gasteiger partial charge in [0.05, 0.1) is 0 Å². The lowest BCUT2D eigenvalue weighted by Gasteiger charge is -2.32. The Balaban J connectivity index is 3.05. The van der Waals surface area contributed by atoms with Gasteiger partial charge in [-0.1, -0.05) is 51.1 Å². The number of hydrogen-bond acceptors (Lipinski definition) is 1. The third-order valence-electron chi connectivity index (χ3n) is 3.21. The van der Waals surface area contributed by atoms with E-state index >= 15 is 0 Å². The van der Waals surface area contributed by atoms with Gasteiger partial charge >= 0.3 is 0 Å². The summed E-state index contributed by atoms with van der Waals surface area (Å²) in [5.74, 6) is 0.468. The fraction of sp³-hybridized carbons (Fsp3) is 0.462. The SMILES string of the molecule is CC(C)C(C)(CC=O)c1ccccc1. The van der Waals surface area contributed by atoms with E-state index in [1.54, 1.807) is 0 Å². The van der Waals surface area contributed by atoms with Crippen molar-refractivity contribution in [2.24, 2.45) is 5.92 Å². The van der Waals surface area contributed by atoms with Gasteiger partial charge in [-0.2, -0.15) is 0 Å². The van der Waals surface area contributed by atoms with E-state index in [0.29, 0.717) is 12.3 Å². The summed E-state index contributed by atoms with van der Waals surface area (Å²) < 4.78 is 0. The zero-order valence-corrected chi connectivity index (χ0v) is 9.16. The zero-order valence-electron chi connectivity index (χ0n) is 9.16. The molecule has 1 heteroatoms. The van der Waals surface area contributed by atoms with Gasteiger partial charge in [0.15, 0.2) is 0 Å². The van der Waals surface area contributed by atoms with Crippen molar-refractivity contribution in [3.63, 3.8) is 0 Å². The molecule has 0 heterocycles. The zero-order chi connectivity index (χ0) is 10.6. The number of aldehydes is 1. The minimum atomic E-state index is -0.0248. The van der Waals surface area contributed by atoms with Crippen LogP contribution in [0.1, 0.15) is 32.8 Å². The quantitative estimate of drug-likeness (QED) is 0.666. The number of rotatable bonds is 4. The van der Waals surface area contributed by atoms with E-state index in [9.17, 15) is 4.79 Å². The molecule has 0 saturated heterocycles. The molecule has 0 radical (unpaired) electrons. The Hall–Kier alpha value is -1.11. The van der Waals surface area contributed by atoms with Crippen LogP contribution in [0.15, 0.2) is 30.3 Å². The van der Waals surface area contributed by atoms with Crippen LogP contribution >= 0.6 is 0 Å². The third-order valence-corrected chi connectivity index (χ3v) is 3.21. The van der Waals surface area contributed by atoms with Crippen molar-refractivity contribution >= 4 is 6.29 Å². The van der Waals surface area contributed by atoms with E-state index in [1.165, 1.54) is 5.56 Å². The largest absolute Gasteiger partial charge is 0.303 e. The smallest absolute Gasteiger partial charge is 0.120 e. The number of carbonyl (C=O) groups excluding carboxylic acids is 1. The van der Waals surface area contributed by atoms with Crippen LogP contribution in [0.4, 0.5) is 0 Å². The average molecular weight is 190 g/mol. The van der Waals surface area contributed by atoms with E-state index in [4.69, 9.17) is 0 Å². The maximum atomic E-state index is 10.7. The van der Waals surface area contributed by atoms with Crippen molar-refractivity contribution in [2.75, 3.05) is 0 Å². The van der Waals surface area contributed by atoms with Gasteiger partial charge < -0.3 is 4.79 Å². The van der Waals surface area contributed by atoms with Crippen molar-refractivity contribution in [3.8, 4) is 0 Å². The van der Waals surface area contributed by atoms with Gasteiger partial charge in [-0.05, 0) is 11.5 Å². The highest BCUT2D eigenvalue weighted by atomic mass is 16.1. The fourth-order valence-electron chi connectivity index (χ4n) is 1.68. The van der Waals surface area contributed by atoms with E-state index in [2.05, 4.69) is 32.9 Å². The first-order valence-electron chi connectivity index (χ1n) is 5.10. The van der Waals surface area contributed by atoms with Gasteiger partial charge in [0, 0.05) is 11.8 Å². The van der Waals surface area contributed by atoms with Crippen LogP contribution in [0, 0.1) is 5.92 Å². The summed E-state index contributed by atoms with van der Waals surface area (Å²) in [4.78, 5) is 10.7. The van der Waals surface area contributed by atoms with E-state index < -0.39 is 0 Å². The third kappa shape index (κ3) is 2.03. The lowest BCUT2D eigenvalue weighted by atomic mass is 9.71. The Morgan fingerprint density at radius 1 is 1.29 bits per heavy atom. The molecule has 0 aliphatic carbocycles. The van der Waals surface area contributed by atoms with E-state index in [-0.39, 0.29) is 5.41 Å². The van der Waals surface area contributed by atoms with E-state index in [1.807, 2.05) is 18.2 Å². The second-order valence-corrected chi connectivity index (χ2v) is 4.31. The van der Waals surface area contributed by atoms with Crippen molar-refractivity contribution in [1.29, 1.82) is 0 Å². The van der Waals surface area contributed by atoms with Crippen molar-refractivity contribution in [2.45, 2.75) is 32.6 Å². The molecule has 1 aromatic carbocycles. The topological polar surface area (TPSA) is 17.1 Å². The molecule has 0 fully saturated rings. The predicted molar refractivity (Wildman–Crippen MR) is 59.3 cm³/mol. The second-order valence-electron chi connectivity index (χ2n) is 4.31. The molecule has 1 atom stereocenters. The maximum Gasteiger partial charge on any atom is 0.120 e. The monoisotopic (exact) mass is 190 g/mol. The highest BCUT2D eigenvalue weighted by molar-refractivity contribution is 5.53. The summed E-state index contributed by atoms with van der Waals surface area (Å²) in [6, 6.07) is 10.3. The summed E-state index contributed by atoms with van der Waals surface area (Å²) in [6.07, 6.45) is 1.61. The summed E-state index contributed by atoms with van der Waals surface area (Å²) >= 11 is 0. The maximum absolute atomic E-state index is 10.7. The average Bonchev–Trinajstić information content (AvgIpc) is 2.19. The van der Waals surface area contributed by atoms with Gasteiger partial charge in [-0.15, -0.1) is 0 Å². The molecule has 1 aromatic rings. The fourth-order valence-corrected chi connectivity index (χ4v) is 1.68. The van der Waals surface area contributed by atoms with Gasteiger partial charge in [-0.25, -0.2) is 0 Å². The van der Waals surface area contributed by atoms with Crippen molar-refractivity contribution in [1.82, 2.24) is 0 Å². The van der Waals surface area contributed by atoms with E-state index in [0.717, 1.165) is 6.29 Å². The lowest BCUT2D eigenvalue weighted by molar-refractivity contribution is -0.109. The normalized spacial score (nSPS) is 15.1. The first kappa shape index (κ1) is 11.0. The molecule has 0 N–H and O–H groups in total. The molecule has 76 valence electrons. The summed E-state index contributed by atoms with van der Waals surface area (Å²) in [7, 11) is 0. The Morgan fingerprint density at radius 3 is 2.29 bits per heavy atom. The molecule has 0 aliphatic rings. The molecule has 0 spiro atoms. The number of benzene rings is 1. The molecule has 14 heavy (non-hydrogen) atoms. The van der Waals surface area contributed by atoms with Crippen LogP contribution in [0.5, 0.6) is 0 Å². The Labute approximate surface area is 86.1 Å². The molecule has 0 aromatic heterocycles. The Morgan fingerprint density at radius 2 is 1.86 bits per heavy atom. The summed E-state index contributed by atoms with van der Waals surface area (Å²) in [6.45, 7) is 6.48. The molecule has 0 aliphatic heterocycles. The van der Waals surface area contributed by atoms with Crippen LogP contribution < -0.4 is 0 Å². The highest BCUT2D eigenvalue weighted by Gasteiger charge is 2.29. The molecule has 0 bridgehead atoms.